The molecule has 0 radical (unpaired) electrons. The van der Waals surface area contributed by atoms with Crippen LogP contribution in [0.1, 0.15) is 22.3 Å². The zero-order valence-corrected chi connectivity index (χ0v) is 15.6. The zero-order chi connectivity index (χ0) is 19.3. The molecule has 2 heterocycles. The van der Waals surface area contributed by atoms with Gasteiger partial charge in [-0.05, 0) is 30.2 Å². The quantitative estimate of drug-likeness (QED) is 0.887. The number of carbonyl (C=O) groups is 2. The van der Waals surface area contributed by atoms with Gasteiger partial charge in [-0.15, -0.1) is 0 Å². The van der Waals surface area contributed by atoms with Gasteiger partial charge in [-0.25, -0.2) is 4.79 Å². The van der Waals surface area contributed by atoms with Crippen molar-refractivity contribution in [1.29, 1.82) is 0 Å². The molecule has 2 aromatic rings. The summed E-state index contributed by atoms with van der Waals surface area (Å²) in [5.74, 6) is 1.21. The average molecular weight is 381 g/mol. The molecule has 1 saturated heterocycles. The fourth-order valence-corrected chi connectivity index (χ4v) is 3.42. The molecule has 0 spiro atoms. The van der Waals surface area contributed by atoms with Crippen LogP contribution in [-0.2, 0) is 6.54 Å². The van der Waals surface area contributed by atoms with Crippen LogP contribution in [0, 0.1) is 0 Å². The molecule has 146 valence electrons. The standard InChI is InChI=1S/C21H23N3O4/c25-20(17-7-8-18-19(13-17)28-15-27-18)23-9-4-10-24(12-11-23)21(26)22-14-16-5-2-1-3-6-16/h1-3,5-8,13H,4,9-12,14-15H2,(H,22,26). The van der Waals surface area contributed by atoms with Crippen LogP contribution in [0.2, 0.25) is 0 Å². The van der Waals surface area contributed by atoms with Crippen molar-refractivity contribution in [2.24, 2.45) is 0 Å². The number of amides is 3. The molecular formula is C21H23N3O4. The van der Waals surface area contributed by atoms with Gasteiger partial charge in [0.2, 0.25) is 6.79 Å². The van der Waals surface area contributed by atoms with E-state index < -0.39 is 0 Å². The van der Waals surface area contributed by atoms with Gasteiger partial charge in [0.05, 0.1) is 0 Å². The van der Waals surface area contributed by atoms with Crippen LogP contribution in [0.4, 0.5) is 4.79 Å². The third-order valence-corrected chi connectivity index (χ3v) is 4.98. The van der Waals surface area contributed by atoms with E-state index in [1.807, 2.05) is 30.3 Å². The van der Waals surface area contributed by atoms with Gasteiger partial charge in [-0.2, -0.15) is 0 Å². The zero-order valence-electron chi connectivity index (χ0n) is 15.6. The third-order valence-electron chi connectivity index (χ3n) is 4.98. The Labute approximate surface area is 163 Å². The molecule has 1 N–H and O–H groups in total. The van der Waals surface area contributed by atoms with Gasteiger partial charge in [0.15, 0.2) is 11.5 Å². The van der Waals surface area contributed by atoms with Gasteiger partial charge in [0.1, 0.15) is 0 Å². The maximum Gasteiger partial charge on any atom is 0.317 e. The van der Waals surface area contributed by atoms with E-state index in [2.05, 4.69) is 5.32 Å². The molecule has 1 fully saturated rings. The summed E-state index contributed by atoms with van der Waals surface area (Å²) in [7, 11) is 0. The van der Waals surface area contributed by atoms with Crippen molar-refractivity contribution in [3.8, 4) is 11.5 Å². The summed E-state index contributed by atoms with van der Waals surface area (Å²) in [5, 5.41) is 2.95. The topological polar surface area (TPSA) is 71.1 Å². The van der Waals surface area contributed by atoms with Crippen molar-refractivity contribution < 1.29 is 19.1 Å². The first-order valence-corrected chi connectivity index (χ1v) is 9.46. The lowest BCUT2D eigenvalue weighted by molar-refractivity contribution is 0.0762. The second-order valence-corrected chi connectivity index (χ2v) is 6.85. The highest BCUT2D eigenvalue weighted by atomic mass is 16.7. The number of hydrogen-bond donors (Lipinski definition) is 1. The first-order chi connectivity index (χ1) is 13.7. The van der Waals surface area contributed by atoms with E-state index in [1.54, 1.807) is 28.0 Å². The lowest BCUT2D eigenvalue weighted by Crippen LogP contribution is -2.42. The van der Waals surface area contributed by atoms with E-state index in [1.165, 1.54) is 0 Å². The molecular weight excluding hydrogens is 358 g/mol. The predicted octanol–water partition coefficient (Wildman–Crippen LogP) is 2.47. The largest absolute Gasteiger partial charge is 0.454 e. The van der Waals surface area contributed by atoms with E-state index in [4.69, 9.17) is 9.47 Å². The van der Waals surface area contributed by atoms with Crippen molar-refractivity contribution in [2.75, 3.05) is 33.0 Å². The molecule has 3 amide bonds. The van der Waals surface area contributed by atoms with E-state index in [9.17, 15) is 9.59 Å². The minimum absolute atomic E-state index is 0.0511. The summed E-state index contributed by atoms with van der Waals surface area (Å²) in [6.45, 7) is 2.95. The Morgan fingerprint density at radius 2 is 1.64 bits per heavy atom. The summed E-state index contributed by atoms with van der Waals surface area (Å²) in [6.07, 6.45) is 0.745. The van der Waals surface area contributed by atoms with Crippen molar-refractivity contribution in [2.45, 2.75) is 13.0 Å². The van der Waals surface area contributed by atoms with Crippen molar-refractivity contribution in [1.82, 2.24) is 15.1 Å². The Kier molecular flexibility index (Phi) is 5.32. The monoisotopic (exact) mass is 381 g/mol. The number of benzene rings is 2. The molecule has 0 bridgehead atoms. The Hall–Kier alpha value is -3.22. The Bertz CT molecular complexity index is 856. The van der Waals surface area contributed by atoms with Crippen LogP contribution in [0.15, 0.2) is 48.5 Å². The lowest BCUT2D eigenvalue weighted by Gasteiger charge is -2.22. The summed E-state index contributed by atoms with van der Waals surface area (Å²) in [5.41, 5.74) is 1.64. The molecule has 7 heteroatoms. The molecule has 2 aliphatic heterocycles. The molecule has 28 heavy (non-hydrogen) atoms. The number of rotatable bonds is 3. The van der Waals surface area contributed by atoms with Crippen molar-refractivity contribution in [3.63, 3.8) is 0 Å². The number of ether oxygens (including phenoxy) is 2. The second-order valence-electron chi connectivity index (χ2n) is 6.85. The normalized spacial score (nSPS) is 15.9. The fraction of sp³-hybridized carbons (Fsp3) is 0.333. The molecule has 4 rings (SSSR count). The summed E-state index contributed by atoms with van der Waals surface area (Å²) >= 11 is 0. The van der Waals surface area contributed by atoms with Crippen LogP contribution in [0.25, 0.3) is 0 Å². The van der Waals surface area contributed by atoms with Gasteiger partial charge in [-0.3, -0.25) is 4.79 Å². The van der Waals surface area contributed by atoms with E-state index in [0.717, 1.165) is 12.0 Å². The smallest absolute Gasteiger partial charge is 0.317 e. The number of fused-ring (bicyclic) bond motifs is 1. The van der Waals surface area contributed by atoms with Crippen LogP contribution in [0.3, 0.4) is 0 Å². The first-order valence-electron chi connectivity index (χ1n) is 9.46. The first kappa shape index (κ1) is 18.2. The number of urea groups is 1. The van der Waals surface area contributed by atoms with Gasteiger partial charge in [0.25, 0.3) is 5.91 Å². The number of carbonyl (C=O) groups excluding carboxylic acids is 2. The van der Waals surface area contributed by atoms with E-state index in [0.29, 0.717) is 49.8 Å². The van der Waals surface area contributed by atoms with Crippen molar-refractivity contribution >= 4 is 11.9 Å². The number of nitrogens with one attached hydrogen (secondary N) is 1. The maximum atomic E-state index is 12.9. The van der Waals surface area contributed by atoms with Crippen LogP contribution in [0.5, 0.6) is 11.5 Å². The second kappa shape index (κ2) is 8.21. The highest BCUT2D eigenvalue weighted by Gasteiger charge is 2.24. The Morgan fingerprint density at radius 1 is 0.893 bits per heavy atom. The molecule has 2 aliphatic rings. The third kappa shape index (κ3) is 4.03. The molecule has 0 aromatic heterocycles. The fourth-order valence-electron chi connectivity index (χ4n) is 3.42. The lowest BCUT2D eigenvalue weighted by atomic mass is 10.1. The van der Waals surface area contributed by atoms with Crippen LogP contribution in [-0.4, -0.2) is 54.7 Å². The average Bonchev–Trinajstić information content (AvgIpc) is 3.07. The SMILES string of the molecule is O=C(NCc1ccccc1)N1CCCN(C(=O)c2ccc3c(c2)OCO3)CC1. The summed E-state index contributed by atoms with van der Waals surface area (Å²) in [4.78, 5) is 28.9. The Morgan fingerprint density at radius 3 is 2.50 bits per heavy atom. The van der Waals surface area contributed by atoms with E-state index >= 15 is 0 Å². The molecule has 0 atom stereocenters. The summed E-state index contributed by atoms with van der Waals surface area (Å²) < 4.78 is 10.7. The van der Waals surface area contributed by atoms with Crippen molar-refractivity contribution in [3.05, 3.63) is 59.7 Å². The highest BCUT2D eigenvalue weighted by Crippen LogP contribution is 2.32. The maximum absolute atomic E-state index is 12.9. The van der Waals surface area contributed by atoms with Crippen LogP contribution < -0.4 is 14.8 Å². The van der Waals surface area contributed by atoms with Gasteiger partial charge in [0, 0.05) is 38.3 Å². The molecule has 0 saturated carbocycles. The molecule has 0 aliphatic carbocycles. The predicted molar refractivity (Wildman–Crippen MR) is 103 cm³/mol. The van der Waals surface area contributed by atoms with E-state index in [-0.39, 0.29) is 18.7 Å². The number of nitrogens with zero attached hydrogens (tertiary/aromatic N) is 2. The van der Waals surface area contributed by atoms with Gasteiger partial charge < -0.3 is 24.6 Å². The minimum atomic E-state index is -0.0961. The Balaban J connectivity index is 1.33. The molecule has 7 nitrogen and oxygen atoms in total. The summed E-state index contributed by atoms with van der Waals surface area (Å²) in [6, 6.07) is 15.0. The minimum Gasteiger partial charge on any atom is -0.454 e. The highest BCUT2D eigenvalue weighted by molar-refractivity contribution is 5.95. The number of hydrogen-bond acceptors (Lipinski definition) is 4. The van der Waals surface area contributed by atoms with Gasteiger partial charge in [-0.1, -0.05) is 30.3 Å². The molecule has 2 aromatic carbocycles. The van der Waals surface area contributed by atoms with Gasteiger partial charge >= 0.3 is 6.03 Å². The van der Waals surface area contributed by atoms with Crippen LogP contribution >= 0.6 is 0 Å². The molecule has 0 unspecified atom stereocenters.